The average Bonchev–Trinajstić information content (AvgIpc) is 2.62. The predicted molar refractivity (Wildman–Crippen MR) is 58.3 cm³/mol. The van der Waals surface area contributed by atoms with Gasteiger partial charge in [-0.1, -0.05) is 0 Å². The molecule has 1 heterocycles. The minimum absolute atomic E-state index is 0.169. The van der Waals surface area contributed by atoms with E-state index in [1.54, 1.807) is 6.92 Å². The number of rotatable bonds is 2. The van der Waals surface area contributed by atoms with Crippen LogP contribution in [0.2, 0.25) is 0 Å². The van der Waals surface area contributed by atoms with Crippen molar-refractivity contribution in [1.82, 2.24) is 4.98 Å². The maximum absolute atomic E-state index is 10.9. The fourth-order valence-corrected chi connectivity index (χ4v) is 3.21. The van der Waals surface area contributed by atoms with Gasteiger partial charge in [-0.15, -0.1) is 0 Å². The Kier molecular flexibility index (Phi) is 2.71. The molecule has 0 saturated heterocycles. The molecule has 76 valence electrons. The van der Waals surface area contributed by atoms with Gasteiger partial charge in [-0.3, -0.25) is 0 Å². The summed E-state index contributed by atoms with van der Waals surface area (Å²) in [4.78, 5) is 15.2. The maximum atomic E-state index is 10.9. The van der Waals surface area contributed by atoms with Crippen molar-refractivity contribution in [1.29, 1.82) is 0 Å². The number of aryl methyl sites for hydroxylation is 1. The first-order chi connectivity index (χ1) is 7.18. The van der Waals surface area contributed by atoms with Gasteiger partial charge < -0.3 is 0 Å². The Hall–Kier alpha value is -1.38. The summed E-state index contributed by atoms with van der Waals surface area (Å²) in [6, 6.07) is 9.71. The number of hydrogen-bond acceptors (Lipinski definition) is 2. The van der Waals surface area contributed by atoms with E-state index in [0.717, 1.165) is 10.1 Å². The van der Waals surface area contributed by atoms with Crippen molar-refractivity contribution in [2.24, 2.45) is 0 Å². The van der Waals surface area contributed by atoms with E-state index in [1.165, 1.54) is 0 Å². The van der Waals surface area contributed by atoms with E-state index in [9.17, 15) is 4.79 Å². The average molecular weight is 266 g/mol. The molecule has 0 spiro atoms. The molecule has 0 saturated carbocycles. The third kappa shape index (κ3) is 2.01. The molecule has 1 N–H and O–H groups in total. The monoisotopic (exact) mass is 267 g/mol. The van der Waals surface area contributed by atoms with Gasteiger partial charge >= 0.3 is 92.9 Å². The van der Waals surface area contributed by atoms with Crippen LogP contribution in [0.1, 0.15) is 14.9 Å². The summed E-state index contributed by atoms with van der Waals surface area (Å²) < 4.78 is 1.36. The van der Waals surface area contributed by atoms with Gasteiger partial charge in [-0.25, -0.2) is 0 Å². The number of carboxylic acid groups (broad SMARTS) is 1. The zero-order valence-corrected chi connectivity index (χ0v) is 9.81. The minimum atomic E-state index is -0.845. The first-order valence-corrected chi connectivity index (χ1v) is 6.16. The molecule has 0 amide bonds. The van der Waals surface area contributed by atoms with Crippen molar-refractivity contribution in [2.45, 2.75) is 6.92 Å². The third-order valence-electron chi connectivity index (χ3n) is 2.01. The van der Waals surface area contributed by atoms with Crippen LogP contribution in [0.3, 0.4) is 0 Å². The second-order valence-corrected chi connectivity index (χ2v) is 5.20. The van der Waals surface area contributed by atoms with E-state index in [4.69, 9.17) is 5.11 Å². The van der Waals surface area contributed by atoms with Crippen LogP contribution in [0.5, 0.6) is 0 Å². The van der Waals surface area contributed by atoms with Crippen molar-refractivity contribution in [2.75, 3.05) is 0 Å². The van der Waals surface area contributed by atoms with Crippen LogP contribution in [0, 0.1) is 6.92 Å². The van der Waals surface area contributed by atoms with Crippen molar-refractivity contribution in [3.8, 4) is 10.1 Å². The Balaban J connectivity index is 2.48. The summed E-state index contributed by atoms with van der Waals surface area (Å²) in [5, 5.41) is 8.93. The number of benzene rings is 1. The summed E-state index contributed by atoms with van der Waals surface area (Å²) in [6.45, 7) is 1.75. The molecule has 15 heavy (non-hydrogen) atoms. The van der Waals surface area contributed by atoms with Crippen molar-refractivity contribution < 1.29 is 9.90 Å². The summed E-state index contributed by atoms with van der Waals surface area (Å²) >= 11 is -0.169. The molecule has 0 aliphatic rings. The van der Waals surface area contributed by atoms with E-state index in [0.29, 0.717) is 10.1 Å². The molecule has 1 aromatic carbocycles. The normalized spacial score (nSPS) is 10.2. The molecule has 1 aromatic heterocycles. The molecule has 0 radical (unpaired) electrons. The van der Waals surface area contributed by atoms with Crippen LogP contribution in [0.15, 0.2) is 30.3 Å². The first kappa shape index (κ1) is 10.1. The van der Waals surface area contributed by atoms with E-state index in [1.807, 2.05) is 30.3 Å². The molecule has 2 aromatic rings. The number of aromatic carboxylic acids is 1. The van der Waals surface area contributed by atoms with E-state index in [-0.39, 0.29) is 14.5 Å². The van der Waals surface area contributed by atoms with E-state index in [2.05, 4.69) is 4.98 Å². The molecule has 2 rings (SSSR count). The first-order valence-electron chi connectivity index (χ1n) is 4.44. The van der Waals surface area contributed by atoms with Crippen molar-refractivity contribution in [3.05, 3.63) is 40.5 Å². The SMILES string of the molecule is Cc1nc(-c2ccccc2)[se]c1C(=O)O. The van der Waals surface area contributed by atoms with Gasteiger partial charge in [0, 0.05) is 0 Å². The van der Waals surface area contributed by atoms with Crippen molar-refractivity contribution in [3.63, 3.8) is 0 Å². The number of aromatic nitrogens is 1. The van der Waals surface area contributed by atoms with Gasteiger partial charge in [0.1, 0.15) is 0 Å². The van der Waals surface area contributed by atoms with Crippen LogP contribution in [0.25, 0.3) is 10.1 Å². The predicted octanol–water partition coefficient (Wildman–Crippen LogP) is 1.81. The van der Waals surface area contributed by atoms with Crippen molar-refractivity contribution >= 4 is 20.5 Å². The Bertz CT molecular complexity index is 491. The summed E-state index contributed by atoms with van der Waals surface area (Å²) in [5.41, 5.74) is 1.66. The summed E-state index contributed by atoms with van der Waals surface area (Å²) in [5.74, 6) is -0.845. The Morgan fingerprint density at radius 2 is 2.00 bits per heavy atom. The van der Waals surface area contributed by atoms with Gasteiger partial charge in [0.2, 0.25) is 0 Å². The quantitative estimate of drug-likeness (QED) is 0.843. The number of carboxylic acids is 1. The number of carbonyl (C=O) groups is 1. The molecule has 3 nitrogen and oxygen atoms in total. The van der Waals surface area contributed by atoms with Crippen LogP contribution in [-0.4, -0.2) is 30.6 Å². The van der Waals surface area contributed by atoms with Crippen LogP contribution < -0.4 is 0 Å². The molecular weight excluding hydrogens is 257 g/mol. The molecule has 0 atom stereocenters. The number of nitrogens with zero attached hydrogens (tertiary/aromatic N) is 1. The van der Waals surface area contributed by atoms with Crippen LogP contribution >= 0.6 is 0 Å². The second-order valence-electron chi connectivity index (χ2n) is 3.10. The fraction of sp³-hybridized carbons (Fsp3) is 0.0909. The zero-order chi connectivity index (χ0) is 10.8. The van der Waals surface area contributed by atoms with Crippen LogP contribution in [0.4, 0.5) is 0 Å². The topological polar surface area (TPSA) is 50.2 Å². The Morgan fingerprint density at radius 3 is 2.53 bits per heavy atom. The van der Waals surface area contributed by atoms with Crippen LogP contribution in [-0.2, 0) is 0 Å². The second kappa shape index (κ2) is 4.01. The Morgan fingerprint density at radius 1 is 1.33 bits per heavy atom. The Labute approximate surface area is 93.2 Å². The molecule has 0 bridgehead atoms. The molecule has 0 aliphatic carbocycles. The molecule has 0 unspecified atom stereocenters. The number of hydrogen-bond donors (Lipinski definition) is 1. The zero-order valence-electron chi connectivity index (χ0n) is 8.10. The van der Waals surface area contributed by atoms with Gasteiger partial charge in [-0.2, -0.15) is 0 Å². The molecule has 0 fully saturated rings. The van der Waals surface area contributed by atoms with Gasteiger partial charge in [0.05, 0.1) is 0 Å². The molecule has 4 heteroatoms. The van der Waals surface area contributed by atoms with Gasteiger partial charge in [0.25, 0.3) is 0 Å². The van der Waals surface area contributed by atoms with E-state index < -0.39 is 5.97 Å². The summed E-state index contributed by atoms with van der Waals surface area (Å²) in [7, 11) is 0. The van der Waals surface area contributed by atoms with Gasteiger partial charge in [0.15, 0.2) is 0 Å². The molecule has 0 aliphatic heterocycles. The molecular formula is C11H9NO2Se. The van der Waals surface area contributed by atoms with E-state index >= 15 is 0 Å². The summed E-state index contributed by atoms with van der Waals surface area (Å²) in [6.07, 6.45) is 0. The van der Waals surface area contributed by atoms with Gasteiger partial charge in [-0.05, 0) is 0 Å². The standard InChI is InChI=1S/C11H9NO2Se/c1-7-9(11(13)14)15-10(12-7)8-5-3-2-4-6-8/h2-6H,1H3,(H,13,14). The fourth-order valence-electron chi connectivity index (χ4n) is 1.30. The third-order valence-corrected chi connectivity index (χ3v) is 4.52.